The molecular weight excluding hydrogens is 404 g/mol. The Bertz CT molecular complexity index is 870. The highest BCUT2D eigenvalue weighted by atomic mass is 79.9. The minimum atomic E-state index is -1.69. The Labute approximate surface area is 158 Å². The van der Waals surface area contributed by atoms with E-state index in [1.807, 2.05) is 0 Å². The number of halogens is 1. The van der Waals surface area contributed by atoms with Crippen molar-refractivity contribution >= 4 is 44.7 Å². The number of ketones is 1. The fourth-order valence-corrected chi connectivity index (χ4v) is 3.35. The maximum absolute atomic E-state index is 12.7. The Morgan fingerprint density at radius 3 is 2.50 bits per heavy atom. The summed E-state index contributed by atoms with van der Waals surface area (Å²) in [5.74, 6) is -4.29. The van der Waals surface area contributed by atoms with Crippen LogP contribution in [0.15, 0.2) is 28.9 Å². The van der Waals surface area contributed by atoms with Gasteiger partial charge in [-0.3, -0.25) is 19.4 Å². The van der Waals surface area contributed by atoms with Gasteiger partial charge in [-0.2, -0.15) is 0 Å². The molecule has 0 spiro atoms. The lowest BCUT2D eigenvalue weighted by Gasteiger charge is -2.32. The molecule has 0 aliphatic carbocycles. The lowest BCUT2D eigenvalue weighted by Crippen LogP contribution is -2.43. The number of rotatable bonds is 8. The highest BCUT2D eigenvalue weighted by Gasteiger charge is 2.48. The number of carboxylic acid groups (broad SMARTS) is 2. The maximum Gasteiger partial charge on any atom is 0.310 e. The van der Waals surface area contributed by atoms with Gasteiger partial charge in [0.1, 0.15) is 5.69 Å². The molecule has 0 aliphatic rings. The minimum Gasteiger partial charge on any atom is -0.481 e. The van der Waals surface area contributed by atoms with E-state index in [1.165, 1.54) is 13.1 Å². The number of benzene rings is 1. The molecule has 2 unspecified atom stereocenters. The summed E-state index contributed by atoms with van der Waals surface area (Å²) in [6, 6.07) is 5.21. The molecule has 1 heterocycles. The van der Waals surface area contributed by atoms with Gasteiger partial charge < -0.3 is 10.2 Å². The lowest BCUT2D eigenvalue weighted by atomic mass is 9.69. The van der Waals surface area contributed by atoms with Crippen molar-refractivity contribution in [3.8, 4) is 0 Å². The Kier molecular flexibility index (Phi) is 6.07. The van der Waals surface area contributed by atoms with E-state index in [4.69, 9.17) is 0 Å². The first-order valence-electron chi connectivity index (χ1n) is 8.13. The van der Waals surface area contributed by atoms with Crippen molar-refractivity contribution in [1.82, 2.24) is 9.97 Å². The molecule has 0 bridgehead atoms. The van der Waals surface area contributed by atoms with Gasteiger partial charge >= 0.3 is 11.9 Å². The Morgan fingerprint density at radius 1 is 1.23 bits per heavy atom. The van der Waals surface area contributed by atoms with Gasteiger partial charge in [-0.1, -0.05) is 36.2 Å². The van der Waals surface area contributed by atoms with E-state index in [9.17, 15) is 24.6 Å². The van der Waals surface area contributed by atoms with Crippen LogP contribution in [0.2, 0.25) is 0 Å². The third-order valence-corrected chi connectivity index (χ3v) is 5.08. The van der Waals surface area contributed by atoms with Gasteiger partial charge in [-0.05, 0) is 24.6 Å². The third-order valence-electron chi connectivity index (χ3n) is 4.59. The number of aromatic nitrogens is 2. The summed E-state index contributed by atoms with van der Waals surface area (Å²) in [4.78, 5) is 44.5. The number of hydrogen-bond acceptors (Lipinski definition) is 5. The lowest BCUT2D eigenvalue weighted by molar-refractivity contribution is -0.162. The van der Waals surface area contributed by atoms with Crippen LogP contribution in [0.3, 0.4) is 0 Å². The van der Waals surface area contributed by atoms with Crippen molar-refractivity contribution in [1.29, 1.82) is 0 Å². The quantitative estimate of drug-likeness (QED) is 0.624. The fourth-order valence-electron chi connectivity index (χ4n) is 3.00. The summed E-state index contributed by atoms with van der Waals surface area (Å²) < 4.78 is 0.821. The van der Waals surface area contributed by atoms with Crippen molar-refractivity contribution in [2.75, 3.05) is 0 Å². The molecule has 2 rings (SSSR count). The van der Waals surface area contributed by atoms with E-state index in [1.54, 1.807) is 25.1 Å². The summed E-state index contributed by atoms with van der Waals surface area (Å²) in [5.41, 5.74) is -0.567. The molecule has 0 radical (unpaired) electrons. The molecule has 2 N–H and O–H groups in total. The van der Waals surface area contributed by atoms with Crippen molar-refractivity contribution < 1.29 is 24.6 Å². The maximum atomic E-state index is 12.7. The zero-order chi connectivity index (χ0) is 19.5. The van der Waals surface area contributed by atoms with Crippen LogP contribution in [0.4, 0.5) is 0 Å². The van der Waals surface area contributed by atoms with Gasteiger partial charge in [0.25, 0.3) is 0 Å². The van der Waals surface area contributed by atoms with Crippen molar-refractivity contribution in [2.45, 2.75) is 33.1 Å². The van der Waals surface area contributed by atoms with E-state index >= 15 is 0 Å². The average molecular weight is 423 g/mol. The monoisotopic (exact) mass is 422 g/mol. The number of fused-ring (bicyclic) bond motifs is 1. The van der Waals surface area contributed by atoms with Crippen LogP contribution in [-0.4, -0.2) is 37.9 Å². The molecule has 0 amide bonds. The molecule has 1 aromatic carbocycles. The fraction of sp³-hybridized carbons (Fsp3) is 0.389. The standard InChI is InChI=1S/C18H19BrN2O5/c1-3-6-18(17(25)26,10(2)16(23)24)8-15(22)14-9-20-13-7-11(19)4-5-12(13)21-14/h4-5,7,9-10H,3,6,8H2,1-2H3,(H,23,24)(H,25,26). The summed E-state index contributed by atoms with van der Waals surface area (Å²) in [6.45, 7) is 3.08. The predicted molar refractivity (Wildman–Crippen MR) is 98.0 cm³/mol. The average Bonchev–Trinajstić information content (AvgIpc) is 2.59. The number of carboxylic acids is 2. The van der Waals surface area contributed by atoms with E-state index < -0.39 is 35.5 Å². The van der Waals surface area contributed by atoms with Crippen LogP contribution in [0.1, 0.15) is 43.6 Å². The molecule has 1 aromatic heterocycles. The second-order valence-corrected chi connectivity index (χ2v) is 7.18. The van der Waals surface area contributed by atoms with Crippen LogP contribution >= 0.6 is 15.9 Å². The molecule has 138 valence electrons. The predicted octanol–water partition coefficient (Wildman–Crippen LogP) is 3.56. The smallest absolute Gasteiger partial charge is 0.310 e. The van der Waals surface area contributed by atoms with E-state index in [-0.39, 0.29) is 12.1 Å². The largest absolute Gasteiger partial charge is 0.481 e. The Morgan fingerprint density at radius 2 is 1.92 bits per heavy atom. The van der Waals surface area contributed by atoms with Gasteiger partial charge in [-0.15, -0.1) is 0 Å². The summed E-state index contributed by atoms with van der Waals surface area (Å²) in [6.07, 6.45) is 1.37. The second-order valence-electron chi connectivity index (χ2n) is 6.26. The third kappa shape index (κ3) is 3.90. The van der Waals surface area contributed by atoms with E-state index in [0.29, 0.717) is 17.5 Å². The molecule has 0 fully saturated rings. The minimum absolute atomic E-state index is 0.0270. The number of carbonyl (C=O) groups is 3. The summed E-state index contributed by atoms with van der Waals surface area (Å²) in [7, 11) is 0. The van der Waals surface area contributed by atoms with E-state index in [0.717, 1.165) is 4.47 Å². The van der Waals surface area contributed by atoms with Crippen molar-refractivity contribution in [2.24, 2.45) is 11.3 Å². The van der Waals surface area contributed by atoms with Gasteiger partial charge in [-0.25, -0.2) is 4.98 Å². The molecule has 0 saturated carbocycles. The van der Waals surface area contributed by atoms with Gasteiger partial charge in [0.05, 0.1) is 28.6 Å². The first-order chi connectivity index (χ1) is 12.2. The number of carbonyl (C=O) groups excluding carboxylic acids is 1. The highest BCUT2D eigenvalue weighted by Crippen LogP contribution is 2.38. The Balaban J connectivity index is 2.41. The summed E-state index contributed by atoms with van der Waals surface area (Å²) >= 11 is 3.33. The van der Waals surface area contributed by atoms with Crippen LogP contribution in [0, 0.1) is 11.3 Å². The molecule has 26 heavy (non-hydrogen) atoms. The molecule has 8 heteroatoms. The molecule has 2 aromatic rings. The zero-order valence-corrected chi connectivity index (χ0v) is 16.0. The summed E-state index contributed by atoms with van der Waals surface area (Å²) in [5, 5.41) is 19.1. The number of aliphatic carboxylic acids is 2. The van der Waals surface area contributed by atoms with Crippen LogP contribution in [0.5, 0.6) is 0 Å². The van der Waals surface area contributed by atoms with Crippen molar-refractivity contribution in [3.63, 3.8) is 0 Å². The molecular formula is C18H19BrN2O5. The van der Waals surface area contributed by atoms with Gasteiger partial charge in [0, 0.05) is 10.9 Å². The highest BCUT2D eigenvalue weighted by molar-refractivity contribution is 9.10. The van der Waals surface area contributed by atoms with Crippen LogP contribution < -0.4 is 0 Å². The Hall–Kier alpha value is -2.35. The number of nitrogens with zero attached hydrogens (tertiary/aromatic N) is 2. The SMILES string of the molecule is CCCC(CC(=O)c1cnc2cc(Br)ccc2n1)(C(=O)O)C(C)C(=O)O. The van der Waals surface area contributed by atoms with E-state index in [2.05, 4.69) is 25.9 Å². The second kappa shape index (κ2) is 7.90. The number of hydrogen-bond donors (Lipinski definition) is 2. The molecule has 0 aliphatic heterocycles. The number of Topliss-reactive ketones (excluding diaryl/α,β-unsaturated/α-hetero) is 1. The molecule has 0 saturated heterocycles. The molecule has 7 nitrogen and oxygen atoms in total. The first kappa shape index (κ1) is 20.0. The van der Waals surface area contributed by atoms with Crippen LogP contribution in [-0.2, 0) is 9.59 Å². The van der Waals surface area contributed by atoms with Gasteiger partial charge in [0.2, 0.25) is 0 Å². The normalized spacial score (nSPS) is 14.6. The topological polar surface area (TPSA) is 117 Å². The van der Waals surface area contributed by atoms with Crippen molar-refractivity contribution in [3.05, 3.63) is 34.6 Å². The molecule has 2 atom stereocenters. The first-order valence-corrected chi connectivity index (χ1v) is 8.92. The van der Waals surface area contributed by atoms with Crippen LogP contribution in [0.25, 0.3) is 11.0 Å². The zero-order valence-electron chi connectivity index (χ0n) is 14.4. The van der Waals surface area contributed by atoms with Gasteiger partial charge in [0.15, 0.2) is 5.78 Å².